The van der Waals surface area contributed by atoms with Crippen LogP contribution in [0, 0.1) is 12.8 Å². The summed E-state index contributed by atoms with van der Waals surface area (Å²) in [5, 5.41) is 2.75. The molecule has 0 radical (unpaired) electrons. The largest absolute Gasteiger partial charge is 0.347 e. The van der Waals surface area contributed by atoms with E-state index in [1.165, 1.54) is 29.2 Å². The van der Waals surface area contributed by atoms with E-state index in [4.69, 9.17) is 0 Å². The number of likely N-dealkylation sites (N-methyl/N-ethyl adjacent to an activating group) is 1. The van der Waals surface area contributed by atoms with Crippen LogP contribution in [0.1, 0.15) is 36.2 Å². The fourth-order valence-corrected chi connectivity index (χ4v) is 3.93. The summed E-state index contributed by atoms with van der Waals surface area (Å²) in [7, 11) is -0.492. The number of rotatable bonds is 8. The number of anilines is 1. The number of carbonyl (C=O) groups is 2. The lowest BCUT2D eigenvalue weighted by Crippen LogP contribution is -2.46. The lowest BCUT2D eigenvalue weighted by atomic mass is 10.0. The molecule has 162 valence electrons. The third-order valence-electron chi connectivity index (χ3n) is 4.48. The molecular formula is C22H29N3O4S. The predicted molar refractivity (Wildman–Crippen MR) is 118 cm³/mol. The highest BCUT2D eigenvalue weighted by Crippen LogP contribution is 2.17. The number of amides is 2. The average molecular weight is 432 g/mol. The molecule has 2 amide bonds. The van der Waals surface area contributed by atoms with Crippen LogP contribution in [0.15, 0.2) is 53.4 Å². The van der Waals surface area contributed by atoms with Gasteiger partial charge in [-0.1, -0.05) is 31.5 Å². The molecule has 0 aliphatic carbocycles. The van der Waals surface area contributed by atoms with Crippen molar-refractivity contribution in [2.24, 2.45) is 5.92 Å². The predicted octanol–water partition coefficient (Wildman–Crippen LogP) is 3.03. The van der Waals surface area contributed by atoms with Crippen molar-refractivity contribution in [2.45, 2.75) is 38.1 Å². The molecule has 0 aromatic heterocycles. The average Bonchev–Trinajstić information content (AvgIpc) is 2.68. The van der Waals surface area contributed by atoms with Gasteiger partial charge >= 0.3 is 0 Å². The molecule has 2 aromatic carbocycles. The first-order valence-electron chi connectivity index (χ1n) is 9.71. The molecule has 2 aromatic rings. The number of benzene rings is 2. The zero-order valence-electron chi connectivity index (χ0n) is 18.0. The Kier molecular flexibility index (Phi) is 7.61. The minimum atomic E-state index is -3.77. The third kappa shape index (κ3) is 6.32. The Morgan fingerprint density at radius 2 is 1.53 bits per heavy atom. The monoisotopic (exact) mass is 431 g/mol. The summed E-state index contributed by atoms with van der Waals surface area (Å²) in [6.45, 7) is 5.87. The minimum Gasteiger partial charge on any atom is -0.347 e. The molecular weight excluding hydrogens is 402 g/mol. The molecule has 0 spiro atoms. The number of hydrogen-bond donors (Lipinski definition) is 2. The van der Waals surface area contributed by atoms with E-state index in [0.29, 0.717) is 12.1 Å². The Bertz CT molecular complexity index is 982. The molecule has 0 saturated carbocycles. The lowest BCUT2D eigenvalue weighted by molar-refractivity contribution is -0.131. The van der Waals surface area contributed by atoms with Crippen molar-refractivity contribution in [3.05, 3.63) is 59.7 Å². The topological polar surface area (TPSA) is 95.6 Å². The smallest absolute Gasteiger partial charge is 0.261 e. The lowest BCUT2D eigenvalue weighted by Gasteiger charge is -2.23. The Hall–Kier alpha value is -2.87. The van der Waals surface area contributed by atoms with Gasteiger partial charge in [-0.3, -0.25) is 14.3 Å². The van der Waals surface area contributed by atoms with Gasteiger partial charge in [0.2, 0.25) is 5.91 Å². The first-order valence-corrected chi connectivity index (χ1v) is 11.2. The number of nitrogens with zero attached hydrogens (tertiary/aromatic N) is 1. The second kappa shape index (κ2) is 9.75. The van der Waals surface area contributed by atoms with E-state index in [0.717, 1.165) is 5.56 Å². The standard InChI is InChI=1S/C22H29N3O4S/c1-15(2)14-20(22(27)25(4)5)23-21(26)17-8-12-19(13-9-17)30(28,29)24-18-10-6-16(3)7-11-18/h6-13,15,20,24H,14H2,1-5H3,(H,23,26)/t20-/m0/s1. The van der Waals surface area contributed by atoms with E-state index in [9.17, 15) is 18.0 Å². The van der Waals surface area contributed by atoms with Gasteiger partial charge in [-0.05, 0) is 55.7 Å². The summed E-state index contributed by atoms with van der Waals surface area (Å²) in [4.78, 5) is 26.4. The molecule has 1 atom stereocenters. The number of carbonyl (C=O) groups excluding carboxylic acids is 2. The summed E-state index contributed by atoms with van der Waals surface area (Å²) < 4.78 is 27.7. The first kappa shape index (κ1) is 23.4. The van der Waals surface area contributed by atoms with Gasteiger partial charge in [0, 0.05) is 25.3 Å². The van der Waals surface area contributed by atoms with E-state index < -0.39 is 22.0 Å². The van der Waals surface area contributed by atoms with Gasteiger partial charge in [0.05, 0.1) is 4.90 Å². The summed E-state index contributed by atoms with van der Waals surface area (Å²) in [6.07, 6.45) is 0.510. The molecule has 0 heterocycles. The van der Waals surface area contributed by atoms with E-state index in [1.54, 1.807) is 26.2 Å². The zero-order valence-corrected chi connectivity index (χ0v) is 18.8. The summed E-state index contributed by atoms with van der Waals surface area (Å²) in [5.41, 5.74) is 1.77. The second-order valence-corrected chi connectivity index (χ2v) is 9.57. The van der Waals surface area contributed by atoms with E-state index in [-0.39, 0.29) is 22.3 Å². The van der Waals surface area contributed by atoms with Crippen LogP contribution in [0.25, 0.3) is 0 Å². The van der Waals surface area contributed by atoms with Crippen LogP contribution < -0.4 is 10.0 Å². The molecule has 0 unspecified atom stereocenters. The summed E-state index contributed by atoms with van der Waals surface area (Å²) >= 11 is 0. The maximum Gasteiger partial charge on any atom is 0.261 e. The van der Waals surface area contributed by atoms with Crippen LogP contribution in [0.5, 0.6) is 0 Å². The highest BCUT2D eigenvalue weighted by Gasteiger charge is 2.24. The van der Waals surface area contributed by atoms with Gasteiger partial charge in [0.15, 0.2) is 0 Å². The Balaban J connectivity index is 2.14. The minimum absolute atomic E-state index is 0.0442. The molecule has 30 heavy (non-hydrogen) atoms. The normalized spacial score (nSPS) is 12.3. The number of aryl methyl sites for hydroxylation is 1. The van der Waals surface area contributed by atoms with Crippen LogP contribution in [-0.4, -0.2) is 45.3 Å². The quantitative estimate of drug-likeness (QED) is 0.672. The molecule has 0 aliphatic rings. The van der Waals surface area contributed by atoms with Crippen LogP contribution in [0.2, 0.25) is 0 Å². The van der Waals surface area contributed by atoms with Crippen LogP contribution in [0.4, 0.5) is 5.69 Å². The van der Waals surface area contributed by atoms with Gasteiger partial charge in [0.1, 0.15) is 6.04 Å². The van der Waals surface area contributed by atoms with Gasteiger partial charge in [0.25, 0.3) is 15.9 Å². The highest BCUT2D eigenvalue weighted by atomic mass is 32.2. The van der Waals surface area contributed by atoms with E-state index in [1.807, 2.05) is 32.9 Å². The number of hydrogen-bond acceptors (Lipinski definition) is 4. The van der Waals surface area contributed by atoms with Gasteiger partial charge < -0.3 is 10.2 Å². The van der Waals surface area contributed by atoms with Crippen molar-refractivity contribution in [3.63, 3.8) is 0 Å². The van der Waals surface area contributed by atoms with Crippen molar-refractivity contribution >= 4 is 27.5 Å². The van der Waals surface area contributed by atoms with Crippen molar-refractivity contribution in [1.29, 1.82) is 0 Å². The number of nitrogens with one attached hydrogen (secondary N) is 2. The highest BCUT2D eigenvalue weighted by molar-refractivity contribution is 7.92. The second-order valence-electron chi connectivity index (χ2n) is 7.88. The SMILES string of the molecule is Cc1ccc(NS(=O)(=O)c2ccc(C(=O)N[C@@H](CC(C)C)C(=O)N(C)C)cc2)cc1. The molecule has 7 nitrogen and oxygen atoms in total. The van der Waals surface area contributed by atoms with E-state index in [2.05, 4.69) is 10.0 Å². The van der Waals surface area contributed by atoms with Gasteiger partial charge in [-0.2, -0.15) is 0 Å². The van der Waals surface area contributed by atoms with Crippen LogP contribution >= 0.6 is 0 Å². The van der Waals surface area contributed by atoms with Crippen molar-refractivity contribution in [3.8, 4) is 0 Å². The fraction of sp³-hybridized carbons (Fsp3) is 0.364. The first-order chi connectivity index (χ1) is 14.0. The van der Waals surface area contributed by atoms with Crippen LogP contribution in [0.3, 0.4) is 0 Å². The van der Waals surface area contributed by atoms with Gasteiger partial charge in [-0.25, -0.2) is 8.42 Å². The van der Waals surface area contributed by atoms with Crippen molar-refractivity contribution in [1.82, 2.24) is 10.2 Å². The molecule has 0 bridgehead atoms. The molecule has 0 fully saturated rings. The molecule has 8 heteroatoms. The summed E-state index contributed by atoms with van der Waals surface area (Å²) in [5.74, 6) is -0.385. The Morgan fingerprint density at radius 3 is 2.03 bits per heavy atom. The molecule has 0 aliphatic heterocycles. The maximum atomic E-state index is 12.6. The maximum absolute atomic E-state index is 12.6. The molecule has 0 saturated heterocycles. The van der Waals surface area contributed by atoms with Crippen LogP contribution in [-0.2, 0) is 14.8 Å². The van der Waals surface area contributed by atoms with Crippen molar-refractivity contribution < 1.29 is 18.0 Å². The zero-order chi connectivity index (χ0) is 22.5. The van der Waals surface area contributed by atoms with E-state index >= 15 is 0 Å². The molecule has 2 rings (SSSR count). The Morgan fingerprint density at radius 1 is 0.967 bits per heavy atom. The fourth-order valence-electron chi connectivity index (χ4n) is 2.87. The Labute approximate surface area is 178 Å². The molecule has 2 N–H and O–H groups in total. The number of sulfonamides is 1. The van der Waals surface area contributed by atoms with Crippen molar-refractivity contribution in [2.75, 3.05) is 18.8 Å². The third-order valence-corrected chi connectivity index (χ3v) is 5.88. The van der Waals surface area contributed by atoms with Gasteiger partial charge in [-0.15, -0.1) is 0 Å². The summed E-state index contributed by atoms with van der Waals surface area (Å²) in [6, 6.07) is 12.0.